The summed E-state index contributed by atoms with van der Waals surface area (Å²) in [5.74, 6) is -0.00459. The van der Waals surface area contributed by atoms with Gasteiger partial charge in [0.15, 0.2) is 0 Å². The Labute approximate surface area is 124 Å². The molecular weight excluding hydrogens is 270 g/mol. The maximum absolute atomic E-state index is 12.3. The summed E-state index contributed by atoms with van der Waals surface area (Å²) in [6.45, 7) is 5.66. The molecule has 2 rings (SSSR count). The van der Waals surface area contributed by atoms with Crippen LogP contribution in [0.1, 0.15) is 35.7 Å². The Morgan fingerprint density at radius 3 is 2.90 bits per heavy atom. The lowest BCUT2D eigenvalue weighted by atomic mass is 9.92. The van der Waals surface area contributed by atoms with Gasteiger partial charge in [-0.25, -0.2) is 0 Å². The highest BCUT2D eigenvalue weighted by molar-refractivity contribution is 5.98. The van der Waals surface area contributed by atoms with E-state index in [2.05, 4.69) is 10.6 Å². The molecule has 1 aromatic rings. The van der Waals surface area contributed by atoms with Gasteiger partial charge in [-0.2, -0.15) is 0 Å². The number of amides is 1. The predicted molar refractivity (Wildman–Crippen MR) is 80.4 cm³/mol. The zero-order chi connectivity index (χ0) is 15.4. The quantitative estimate of drug-likeness (QED) is 0.656. The average Bonchev–Trinajstić information content (AvgIpc) is 2.47. The Hall–Kier alpha value is -1.95. The first kappa shape index (κ1) is 15.4. The summed E-state index contributed by atoms with van der Waals surface area (Å²) in [4.78, 5) is 22.9. The van der Waals surface area contributed by atoms with E-state index in [1.807, 2.05) is 13.8 Å². The second-order valence-corrected chi connectivity index (χ2v) is 5.65. The molecule has 6 nitrogen and oxygen atoms in total. The fraction of sp³-hybridized carbons (Fsp3) is 0.533. The maximum Gasteiger partial charge on any atom is 0.282 e. The van der Waals surface area contributed by atoms with E-state index in [1.165, 1.54) is 6.07 Å². The minimum atomic E-state index is -0.513. The van der Waals surface area contributed by atoms with Crippen molar-refractivity contribution in [3.8, 4) is 0 Å². The van der Waals surface area contributed by atoms with Crippen LogP contribution in [-0.2, 0) is 0 Å². The van der Waals surface area contributed by atoms with Gasteiger partial charge in [0.2, 0.25) is 0 Å². The number of hydrogen-bond acceptors (Lipinski definition) is 4. The Balaban J connectivity index is 2.12. The monoisotopic (exact) mass is 291 g/mol. The Morgan fingerprint density at radius 2 is 2.29 bits per heavy atom. The van der Waals surface area contributed by atoms with Crippen molar-refractivity contribution in [2.24, 2.45) is 5.92 Å². The molecule has 1 amide bonds. The van der Waals surface area contributed by atoms with Crippen molar-refractivity contribution >= 4 is 11.6 Å². The zero-order valence-corrected chi connectivity index (χ0v) is 12.4. The van der Waals surface area contributed by atoms with E-state index < -0.39 is 4.92 Å². The van der Waals surface area contributed by atoms with Crippen molar-refractivity contribution < 1.29 is 9.72 Å². The van der Waals surface area contributed by atoms with Gasteiger partial charge in [-0.1, -0.05) is 6.07 Å². The molecule has 1 aromatic carbocycles. The van der Waals surface area contributed by atoms with E-state index in [4.69, 9.17) is 0 Å². The highest BCUT2D eigenvalue weighted by Crippen LogP contribution is 2.21. The molecule has 2 N–H and O–H groups in total. The van der Waals surface area contributed by atoms with Gasteiger partial charge >= 0.3 is 0 Å². The molecule has 0 radical (unpaired) electrons. The molecule has 1 heterocycles. The molecular formula is C15H21N3O3. The van der Waals surface area contributed by atoms with Crippen LogP contribution >= 0.6 is 0 Å². The van der Waals surface area contributed by atoms with Crippen LogP contribution in [0.25, 0.3) is 0 Å². The third-order valence-corrected chi connectivity index (χ3v) is 3.99. The standard InChI is InChI=1S/C15H21N3O3/c1-10-5-6-14(18(20)21)13(8-10)15(19)17-11(2)12-4-3-7-16-9-12/h5-6,8,11-12,16H,3-4,7,9H2,1-2H3,(H,17,19). The summed E-state index contributed by atoms with van der Waals surface area (Å²) in [7, 11) is 0. The highest BCUT2D eigenvalue weighted by atomic mass is 16.6. The number of nitro benzene ring substituents is 1. The molecule has 0 spiro atoms. The Morgan fingerprint density at radius 1 is 1.52 bits per heavy atom. The van der Waals surface area contributed by atoms with E-state index in [-0.39, 0.29) is 23.2 Å². The normalized spacial score (nSPS) is 19.8. The van der Waals surface area contributed by atoms with Crippen molar-refractivity contribution in [1.82, 2.24) is 10.6 Å². The fourth-order valence-corrected chi connectivity index (χ4v) is 2.70. The average molecular weight is 291 g/mol. The number of rotatable bonds is 4. The van der Waals surface area contributed by atoms with Crippen molar-refractivity contribution in [1.29, 1.82) is 0 Å². The number of carbonyl (C=O) groups is 1. The van der Waals surface area contributed by atoms with Crippen LogP contribution in [0.4, 0.5) is 5.69 Å². The van der Waals surface area contributed by atoms with Crippen LogP contribution in [-0.4, -0.2) is 30.0 Å². The molecule has 21 heavy (non-hydrogen) atoms. The maximum atomic E-state index is 12.3. The largest absolute Gasteiger partial charge is 0.349 e. The minimum absolute atomic E-state index is 0.00887. The zero-order valence-electron chi connectivity index (χ0n) is 12.4. The summed E-state index contributed by atoms with van der Waals surface area (Å²) in [6, 6.07) is 4.59. The molecule has 2 unspecified atom stereocenters. The topological polar surface area (TPSA) is 84.3 Å². The molecule has 6 heteroatoms. The number of nitro groups is 1. The molecule has 1 aliphatic rings. The number of piperidine rings is 1. The minimum Gasteiger partial charge on any atom is -0.349 e. The van der Waals surface area contributed by atoms with Crippen LogP contribution in [0.15, 0.2) is 18.2 Å². The molecule has 1 fully saturated rings. The lowest BCUT2D eigenvalue weighted by Crippen LogP contribution is -2.44. The summed E-state index contributed by atoms with van der Waals surface area (Å²) < 4.78 is 0. The molecule has 114 valence electrons. The van der Waals surface area contributed by atoms with Crippen LogP contribution in [0, 0.1) is 23.0 Å². The molecule has 0 bridgehead atoms. The summed E-state index contributed by atoms with van der Waals surface area (Å²) in [6.07, 6.45) is 2.15. The van der Waals surface area contributed by atoms with E-state index in [0.717, 1.165) is 31.5 Å². The van der Waals surface area contributed by atoms with Gasteiger partial charge in [-0.15, -0.1) is 0 Å². The first-order valence-corrected chi connectivity index (χ1v) is 7.25. The summed E-state index contributed by atoms with van der Waals surface area (Å²) >= 11 is 0. The Bertz CT molecular complexity index is 539. The van der Waals surface area contributed by atoms with Gasteiger partial charge in [0, 0.05) is 12.1 Å². The second-order valence-electron chi connectivity index (χ2n) is 5.65. The number of nitrogens with one attached hydrogen (secondary N) is 2. The van der Waals surface area contributed by atoms with Crippen LogP contribution < -0.4 is 10.6 Å². The molecule has 0 aliphatic carbocycles. The van der Waals surface area contributed by atoms with Crippen molar-refractivity contribution in [3.05, 3.63) is 39.4 Å². The molecule has 1 saturated heterocycles. The summed E-state index contributed by atoms with van der Waals surface area (Å²) in [5.41, 5.74) is 0.820. The van der Waals surface area contributed by atoms with E-state index >= 15 is 0 Å². The first-order chi connectivity index (χ1) is 9.99. The lowest BCUT2D eigenvalue weighted by Gasteiger charge is -2.28. The Kier molecular flexibility index (Phi) is 4.90. The highest BCUT2D eigenvalue weighted by Gasteiger charge is 2.25. The number of benzene rings is 1. The van der Waals surface area contributed by atoms with Crippen LogP contribution in [0.2, 0.25) is 0 Å². The number of carbonyl (C=O) groups excluding carboxylic acids is 1. The number of aryl methyl sites for hydroxylation is 1. The van der Waals surface area contributed by atoms with E-state index in [1.54, 1.807) is 12.1 Å². The summed E-state index contributed by atoms with van der Waals surface area (Å²) in [5, 5.41) is 17.3. The van der Waals surface area contributed by atoms with Gasteiger partial charge in [-0.3, -0.25) is 14.9 Å². The number of hydrogen-bond donors (Lipinski definition) is 2. The van der Waals surface area contributed by atoms with E-state index in [0.29, 0.717) is 5.92 Å². The van der Waals surface area contributed by atoms with Crippen LogP contribution in [0.5, 0.6) is 0 Å². The first-order valence-electron chi connectivity index (χ1n) is 7.25. The predicted octanol–water partition coefficient (Wildman–Crippen LogP) is 2.02. The third-order valence-electron chi connectivity index (χ3n) is 3.99. The van der Waals surface area contributed by atoms with Crippen molar-refractivity contribution in [2.45, 2.75) is 32.7 Å². The van der Waals surface area contributed by atoms with Crippen LogP contribution in [0.3, 0.4) is 0 Å². The number of nitrogens with zero attached hydrogens (tertiary/aromatic N) is 1. The van der Waals surface area contributed by atoms with E-state index in [9.17, 15) is 14.9 Å². The van der Waals surface area contributed by atoms with Gasteiger partial charge in [0.25, 0.3) is 11.6 Å². The van der Waals surface area contributed by atoms with Crippen molar-refractivity contribution in [2.75, 3.05) is 13.1 Å². The SMILES string of the molecule is Cc1ccc([N+](=O)[O-])c(C(=O)NC(C)C2CCCNC2)c1. The molecule has 1 aliphatic heterocycles. The van der Waals surface area contributed by atoms with Gasteiger partial charge < -0.3 is 10.6 Å². The molecule has 0 saturated carbocycles. The van der Waals surface area contributed by atoms with Gasteiger partial charge in [0.05, 0.1) is 4.92 Å². The lowest BCUT2D eigenvalue weighted by molar-refractivity contribution is -0.385. The molecule has 2 atom stereocenters. The third kappa shape index (κ3) is 3.78. The van der Waals surface area contributed by atoms with Gasteiger partial charge in [-0.05, 0) is 57.3 Å². The second kappa shape index (κ2) is 6.67. The fourth-order valence-electron chi connectivity index (χ4n) is 2.70. The van der Waals surface area contributed by atoms with Crippen molar-refractivity contribution in [3.63, 3.8) is 0 Å². The molecule has 0 aromatic heterocycles. The van der Waals surface area contributed by atoms with Gasteiger partial charge in [0.1, 0.15) is 5.56 Å². The smallest absolute Gasteiger partial charge is 0.282 e.